The molecule has 0 amide bonds. The Morgan fingerprint density at radius 1 is 1.12 bits per heavy atom. The zero-order valence-corrected chi connectivity index (χ0v) is 10.1. The molecule has 0 aromatic rings. The molecule has 0 aromatic heterocycles. The largest absolute Gasteiger partial charge is 0.415 e. The predicted octanol–water partition coefficient (Wildman–Crippen LogP) is 2.71. The summed E-state index contributed by atoms with van der Waals surface area (Å²) in [5.41, 5.74) is 0. The third kappa shape index (κ3) is 7.93. The van der Waals surface area contributed by atoms with Crippen LogP contribution < -0.4 is 5.32 Å². The van der Waals surface area contributed by atoms with Crippen molar-refractivity contribution in [3.05, 3.63) is 0 Å². The molecule has 0 aromatic carbocycles. The Labute approximate surface area is 95.2 Å². The smallest absolute Gasteiger partial charge is 0.382 e. The second-order valence-electron chi connectivity index (χ2n) is 4.69. The summed E-state index contributed by atoms with van der Waals surface area (Å²) in [6.45, 7) is 5.65. The van der Waals surface area contributed by atoms with E-state index in [2.05, 4.69) is 19.2 Å². The highest BCUT2D eigenvalue weighted by atomic mass is 19.4. The molecule has 0 rings (SSSR count). The quantitative estimate of drug-likeness (QED) is 0.718. The molecule has 2 unspecified atom stereocenters. The lowest BCUT2D eigenvalue weighted by Crippen LogP contribution is -2.41. The fourth-order valence-electron chi connectivity index (χ4n) is 1.36. The molecule has 2 N–H and O–H groups in total. The van der Waals surface area contributed by atoms with Gasteiger partial charge in [0.15, 0.2) is 6.10 Å². The van der Waals surface area contributed by atoms with Crippen LogP contribution in [0, 0.1) is 5.92 Å². The number of hydrogen-bond acceptors (Lipinski definition) is 2. The zero-order chi connectivity index (χ0) is 12.8. The van der Waals surface area contributed by atoms with E-state index in [1.54, 1.807) is 0 Å². The molecule has 0 aliphatic carbocycles. The van der Waals surface area contributed by atoms with Gasteiger partial charge in [0.1, 0.15) is 0 Å². The summed E-state index contributed by atoms with van der Waals surface area (Å²) in [6.07, 6.45) is -3.88. The maximum atomic E-state index is 12.0. The van der Waals surface area contributed by atoms with Crippen LogP contribution in [0.2, 0.25) is 0 Å². The van der Waals surface area contributed by atoms with Crippen molar-refractivity contribution in [2.24, 2.45) is 5.92 Å². The molecule has 0 saturated carbocycles. The molecule has 5 heteroatoms. The van der Waals surface area contributed by atoms with E-state index in [-0.39, 0.29) is 6.04 Å². The van der Waals surface area contributed by atoms with Crippen LogP contribution in [0.5, 0.6) is 0 Å². The first-order valence-corrected chi connectivity index (χ1v) is 5.71. The van der Waals surface area contributed by atoms with Crippen molar-refractivity contribution in [3.8, 4) is 0 Å². The molecule has 2 nitrogen and oxygen atoms in total. The number of aliphatic hydroxyl groups excluding tert-OH is 1. The van der Waals surface area contributed by atoms with Gasteiger partial charge in [-0.15, -0.1) is 0 Å². The van der Waals surface area contributed by atoms with Crippen molar-refractivity contribution in [3.63, 3.8) is 0 Å². The van der Waals surface area contributed by atoms with Gasteiger partial charge in [0.2, 0.25) is 0 Å². The first-order chi connectivity index (χ1) is 7.23. The van der Waals surface area contributed by atoms with Crippen molar-refractivity contribution in [2.75, 3.05) is 6.54 Å². The molecule has 98 valence electrons. The standard InChI is InChI=1S/C11H22F3NO/c1-8(2)5-4-6-9(3)15-7-10(16)11(12,13)14/h8-10,15-16H,4-7H2,1-3H3. The first kappa shape index (κ1) is 15.7. The van der Waals surface area contributed by atoms with Crippen LogP contribution in [-0.4, -0.2) is 30.0 Å². The van der Waals surface area contributed by atoms with Crippen LogP contribution in [0.1, 0.15) is 40.0 Å². The van der Waals surface area contributed by atoms with E-state index in [9.17, 15) is 13.2 Å². The van der Waals surface area contributed by atoms with Gasteiger partial charge >= 0.3 is 6.18 Å². The van der Waals surface area contributed by atoms with Crippen molar-refractivity contribution >= 4 is 0 Å². The zero-order valence-electron chi connectivity index (χ0n) is 10.1. The van der Waals surface area contributed by atoms with Crippen LogP contribution in [0.4, 0.5) is 13.2 Å². The second-order valence-corrected chi connectivity index (χ2v) is 4.69. The third-order valence-corrected chi connectivity index (χ3v) is 2.46. The van der Waals surface area contributed by atoms with Gasteiger partial charge in [0.25, 0.3) is 0 Å². The Morgan fingerprint density at radius 3 is 2.12 bits per heavy atom. The molecule has 0 aliphatic heterocycles. The van der Waals surface area contributed by atoms with E-state index >= 15 is 0 Å². The third-order valence-electron chi connectivity index (χ3n) is 2.46. The Kier molecular flexibility index (Phi) is 6.99. The highest BCUT2D eigenvalue weighted by molar-refractivity contribution is 4.71. The predicted molar refractivity (Wildman–Crippen MR) is 58.2 cm³/mol. The van der Waals surface area contributed by atoms with Crippen LogP contribution in [-0.2, 0) is 0 Å². The monoisotopic (exact) mass is 241 g/mol. The molecule has 0 radical (unpaired) electrons. The average Bonchev–Trinajstić information content (AvgIpc) is 2.11. The van der Waals surface area contributed by atoms with E-state index < -0.39 is 18.8 Å². The van der Waals surface area contributed by atoms with Gasteiger partial charge in [-0.2, -0.15) is 13.2 Å². The summed E-state index contributed by atoms with van der Waals surface area (Å²) in [4.78, 5) is 0. The van der Waals surface area contributed by atoms with E-state index in [0.717, 1.165) is 19.3 Å². The van der Waals surface area contributed by atoms with Gasteiger partial charge in [-0.25, -0.2) is 0 Å². The minimum Gasteiger partial charge on any atom is -0.382 e. The Hall–Kier alpha value is -0.290. The highest BCUT2D eigenvalue weighted by Gasteiger charge is 2.37. The van der Waals surface area contributed by atoms with Gasteiger partial charge in [-0.05, 0) is 19.3 Å². The van der Waals surface area contributed by atoms with E-state index in [0.29, 0.717) is 5.92 Å². The Bertz CT molecular complexity index is 183. The van der Waals surface area contributed by atoms with Crippen molar-refractivity contribution in [1.82, 2.24) is 5.32 Å². The van der Waals surface area contributed by atoms with Crippen molar-refractivity contribution < 1.29 is 18.3 Å². The second kappa shape index (κ2) is 7.12. The van der Waals surface area contributed by atoms with Crippen LogP contribution in [0.3, 0.4) is 0 Å². The van der Waals surface area contributed by atoms with Crippen LogP contribution >= 0.6 is 0 Å². The number of halogens is 3. The molecule has 2 atom stereocenters. The summed E-state index contributed by atoms with van der Waals surface area (Å²) < 4.78 is 35.9. The highest BCUT2D eigenvalue weighted by Crippen LogP contribution is 2.19. The molecule has 0 saturated heterocycles. The molecule has 16 heavy (non-hydrogen) atoms. The maximum absolute atomic E-state index is 12.0. The van der Waals surface area contributed by atoms with Crippen LogP contribution in [0.15, 0.2) is 0 Å². The first-order valence-electron chi connectivity index (χ1n) is 5.71. The Balaban J connectivity index is 3.61. The molecule has 0 bridgehead atoms. The summed E-state index contributed by atoms with van der Waals surface area (Å²) in [5, 5.41) is 11.5. The molecule has 0 fully saturated rings. The fraction of sp³-hybridized carbons (Fsp3) is 1.00. The molecule has 0 aliphatic rings. The van der Waals surface area contributed by atoms with Crippen molar-refractivity contribution in [1.29, 1.82) is 0 Å². The SMILES string of the molecule is CC(C)CCCC(C)NCC(O)C(F)(F)F. The number of alkyl halides is 3. The molecular weight excluding hydrogens is 219 g/mol. The number of aliphatic hydroxyl groups is 1. The fourth-order valence-corrected chi connectivity index (χ4v) is 1.36. The van der Waals surface area contributed by atoms with E-state index in [1.165, 1.54) is 0 Å². The molecule has 0 spiro atoms. The lowest BCUT2D eigenvalue weighted by atomic mass is 10.0. The maximum Gasteiger partial charge on any atom is 0.415 e. The van der Waals surface area contributed by atoms with Gasteiger partial charge in [-0.3, -0.25) is 0 Å². The van der Waals surface area contributed by atoms with E-state index in [1.807, 2.05) is 6.92 Å². The summed E-state index contributed by atoms with van der Waals surface area (Å²) >= 11 is 0. The average molecular weight is 241 g/mol. The Morgan fingerprint density at radius 2 is 1.69 bits per heavy atom. The summed E-state index contributed by atoms with van der Waals surface area (Å²) in [7, 11) is 0. The van der Waals surface area contributed by atoms with Crippen LogP contribution in [0.25, 0.3) is 0 Å². The van der Waals surface area contributed by atoms with Crippen molar-refractivity contribution in [2.45, 2.75) is 58.4 Å². The van der Waals surface area contributed by atoms with Gasteiger partial charge in [-0.1, -0.05) is 26.7 Å². The minimum absolute atomic E-state index is 0.00995. The van der Waals surface area contributed by atoms with Gasteiger partial charge in [0, 0.05) is 12.6 Å². The minimum atomic E-state index is -4.52. The normalized spacial score (nSPS) is 16.5. The summed E-state index contributed by atoms with van der Waals surface area (Å²) in [6, 6.07) is 0.00995. The molecule has 0 heterocycles. The number of nitrogens with one attached hydrogen (secondary N) is 1. The van der Waals surface area contributed by atoms with Gasteiger partial charge < -0.3 is 10.4 Å². The lowest BCUT2D eigenvalue weighted by molar-refractivity contribution is -0.202. The summed E-state index contributed by atoms with van der Waals surface area (Å²) in [5.74, 6) is 0.618. The van der Waals surface area contributed by atoms with E-state index in [4.69, 9.17) is 5.11 Å². The molecular formula is C11H22F3NO. The lowest BCUT2D eigenvalue weighted by Gasteiger charge is -2.19. The topological polar surface area (TPSA) is 32.3 Å². The number of rotatable bonds is 7. The number of hydrogen-bond donors (Lipinski definition) is 2. The van der Waals surface area contributed by atoms with Gasteiger partial charge in [0.05, 0.1) is 0 Å².